The average Bonchev–Trinajstić information content (AvgIpc) is 3.48. The first kappa shape index (κ1) is 19.7. The van der Waals surface area contributed by atoms with Gasteiger partial charge in [0.25, 0.3) is 5.91 Å². The van der Waals surface area contributed by atoms with Crippen molar-refractivity contribution in [1.82, 2.24) is 9.88 Å². The lowest BCUT2D eigenvalue weighted by Gasteiger charge is -2.27. The third-order valence-corrected chi connectivity index (χ3v) is 6.68. The molecular weight excluding hydrogens is 411 g/mol. The van der Waals surface area contributed by atoms with E-state index in [1.54, 1.807) is 12.3 Å². The smallest absolute Gasteiger partial charge is 0.264 e. The largest absolute Gasteiger partial charge is 0.494 e. The molecule has 3 heterocycles. The third kappa shape index (κ3) is 3.68. The van der Waals surface area contributed by atoms with Gasteiger partial charge < -0.3 is 9.64 Å². The molecule has 1 aliphatic carbocycles. The van der Waals surface area contributed by atoms with E-state index in [2.05, 4.69) is 23.2 Å². The van der Waals surface area contributed by atoms with Crippen molar-refractivity contribution < 1.29 is 13.9 Å². The Hall–Kier alpha value is -3.25. The summed E-state index contributed by atoms with van der Waals surface area (Å²) in [4.78, 5) is 19.9. The number of allylic oxidation sites excluding steroid dienone is 2. The fraction of sp³-hybridized carbons (Fsp3) is 0.200. The molecule has 1 aliphatic heterocycles. The Labute approximate surface area is 184 Å². The van der Waals surface area contributed by atoms with E-state index in [1.807, 2.05) is 28.5 Å². The number of halogens is 1. The summed E-state index contributed by atoms with van der Waals surface area (Å²) in [6.45, 7) is 1.31. The summed E-state index contributed by atoms with van der Waals surface area (Å²) in [5.41, 5.74) is 6.20. The van der Waals surface area contributed by atoms with Gasteiger partial charge in [-0.25, -0.2) is 4.39 Å². The van der Waals surface area contributed by atoms with Crippen LogP contribution in [-0.4, -0.2) is 36.0 Å². The van der Waals surface area contributed by atoms with Gasteiger partial charge in [-0.15, -0.1) is 11.3 Å². The van der Waals surface area contributed by atoms with E-state index in [4.69, 9.17) is 4.74 Å². The monoisotopic (exact) mass is 432 g/mol. The minimum absolute atomic E-state index is 0.0941. The number of amides is 1. The van der Waals surface area contributed by atoms with Gasteiger partial charge in [-0.05, 0) is 52.8 Å². The number of fused-ring (bicyclic) bond motifs is 1. The molecule has 1 amide bonds. The van der Waals surface area contributed by atoms with Gasteiger partial charge in [-0.1, -0.05) is 24.3 Å². The molecule has 3 aromatic rings. The van der Waals surface area contributed by atoms with Gasteiger partial charge in [0.05, 0.1) is 17.7 Å². The summed E-state index contributed by atoms with van der Waals surface area (Å²) < 4.78 is 19.2. The van der Waals surface area contributed by atoms with Gasteiger partial charge in [-0.2, -0.15) is 0 Å². The minimum Gasteiger partial charge on any atom is -0.494 e. The zero-order chi connectivity index (χ0) is 21.4. The standard InChI is InChI=1S/C25H21FN2O2S/c1-30-23-7-4-17(14-21(23)26)18-13-20-19(5-6-22(20)27-15-18)16-8-10-28(11-9-16)25(29)24-3-2-12-31-24/h2-5,7-8,12-15H,6,9-11H2,1H3. The van der Waals surface area contributed by atoms with Crippen LogP contribution in [0.5, 0.6) is 5.75 Å². The first-order valence-corrected chi connectivity index (χ1v) is 11.1. The number of hydrogen-bond donors (Lipinski definition) is 0. The molecule has 0 saturated carbocycles. The van der Waals surface area contributed by atoms with E-state index in [9.17, 15) is 9.18 Å². The van der Waals surface area contributed by atoms with Crippen molar-refractivity contribution >= 4 is 22.8 Å². The topological polar surface area (TPSA) is 42.4 Å². The Morgan fingerprint density at radius 3 is 2.81 bits per heavy atom. The molecule has 0 N–H and O–H groups in total. The Morgan fingerprint density at radius 1 is 1.19 bits per heavy atom. The van der Waals surface area contributed by atoms with Gasteiger partial charge in [0, 0.05) is 36.8 Å². The van der Waals surface area contributed by atoms with Crippen LogP contribution < -0.4 is 4.74 Å². The average molecular weight is 433 g/mol. The highest BCUT2D eigenvalue weighted by atomic mass is 32.1. The van der Waals surface area contributed by atoms with Crippen molar-refractivity contribution in [2.75, 3.05) is 20.2 Å². The van der Waals surface area contributed by atoms with Gasteiger partial charge in [-0.3, -0.25) is 9.78 Å². The molecule has 6 heteroatoms. The number of thiophene rings is 1. The Morgan fingerprint density at radius 2 is 2.10 bits per heavy atom. The Balaban J connectivity index is 1.39. The van der Waals surface area contributed by atoms with Crippen LogP contribution in [0.1, 0.15) is 27.3 Å². The summed E-state index contributed by atoms with van der Waals surface area (Å²) >= 11 is 1.48. The SMILES string of the molecule is COc1ccc(-c2cnc3c(c2)C(C2=CCN(C(=O)c4cccs4)CC2)=CC3)cc1F. The number of rotatable bonds is 4. The summed E-state index contributed by atoms with van der Waals surface area (Å²) in [6.07, 6.45) is 7.75. The fourth-order valence-electron chi connectivity index (χ4n) is 4.16. The van der Waals surface area contributed by atoms with E-state index in [-0.39, 0.29) is 17.5 Å². The highest BCUT2D eigenvalue weighted by Crippen LogP contribution is 2.37. The first-order chi connectivity index (χ1) is 15.1. The summed E-state index contributed by atoms with van der Waals surface area (Å²) in [7, 11) is 1.46. The van der Waals surface area contributed by atoms with Crippen molar-refractivity contribution in [3.63, 3.8) is 0 Å². The molecule has 2 aromatic heterocycles. The molecule has 0 fully saturated rings. The second-order valence-electron chi connectivity index (χ2n) is 7.60. The van der Waals surface area contributed by atoms with Crippen molar-refractivity contribution in [1.29, 1.82) is 0 Å². The maximum atomic E-state index is 14.2. The van der Waals surface area contributed by atoms with Crippen LogP contribution in [0.3, 0.4) is 0 Å². The van der Waals surface area contributed by atoms with Crippen LogP contribution >= 0.6 is 11.3 Å². The molecule has 2 aliphatic rings. The van der Waals surface area contributed by atoms with Gasteiger partial charge in [0.2, 0.25) is 0 Å². The molecule has 0 spiro atoms. The number of benzene rings is 1. The molecule has 0 unspecified atom stereocenters. The van der Waals surface area contributed by atoms with Crippen LogP contribution in [-0.2, 0) is 6.42 Å². The van der Waals surface area contributed by atoms with Gasteiger partial charge >= 0.3 is 0 Å². The molecule has 0 radical (unpaired) electrons. The number of hydrogen-bond acceptors (Lipinski definition) is 4. The second-order valence-corrected chi connectivity index (χ2v) is 8.55. The quantitative estimate of drug-likeness (QED) is 0.557. The van der Waals surface area contributed by atoms with E-state index in [0.717, 1.165) is 40.1 Å². The van der Waals surface area contributed by atoms with Crippen molar-refractivity contribution in [3.8, 4) is 16.9 Å². The number of carbonyl (C=O) groups excluding carboxylic acids is 1. The fourth-order valence-corrected chi connectivity index (χ4v) is 4.85. The maximum Gasteiger partial charge on any atom is 0.264 e. The lowest BCUT2D eigenvalue weighted by molar-refractivity contribution is 0.0774. The van der Waals surface area contributed by atoms with Crippen LogP contribution in [0.25, 0.3) is 16.7 Å². The first-order valence-electron chi connectivity index (χ1n) is 10.2. The Kier molecular flexibility index (Phi) is 5.16. The van der Waals surface area contributed by atoms with Crippen LogP contribution in [0.4, 0.5) is 4.39 Å². The zero-order valence-corrected chi connectivity index (χ0v) is 17.9. The number of methoxy groups -OCH3 is 1. The lowest BCUT2D eigenvalue weighted by Crippen LogP contribution is -2.34. The zero-order valence-electron chi connectivity index (χ0n) is 17.1. The number of aromatic nitrogens is 1. The molecule has 5 rings (SSSR count). The van der Waals surface area contributed by atoms with E-state index >= 15 is 0 Å². The summed E-state index contributed by atoms with van der Waals surface area (Å²) in [5.74, 6) is -0.0641. The van der Waals surface area contributed by atoms with E-state index in [0.29, 0.717) is 13.1 Å². The molecule has 0 bridgehead atoms. The number of pyridine rings is 1. The number of ether oxygens (including phenoxy) is 1. The molecule has 1 aromatic carbocycles. The van der Waals surface area contributed by atoms with Gasteiger partial charge in [0.15, 0.2) is 11.6 Å². The predicted molar refractivity (Wildman–Crippen MR) is 121 cm³/mol. The molecular formula is C25H21FN2O2S. The summed E-state index contributed by atoms with van der Waals surface area (Å²) in [5, 5.41) is 1.93. The molecule has 4 nitrogen and oxygen atoms in total. The number of carbonyl (C=O) groups is 1. The normalized spacial score (nSPS) is 15.4. The second kappa shape index (κ2) is 8.12. The van der Waals surface area contributed by atoms with E-state index in [1.165, 1.54) is 35.7 Å². The van der Waals surface area contributed by atoms with Crippen molar-refractivity contribution in [2.45, 2.75) is 12.8 Å². The minimum atomic E-state index is -0.387. The van der Waals surface area contributed by atoms with Crippen LogP contribution in [0.15, 0.2) is 65.7 Å². The van der Waals surface area contributed by atoms with Crippen LogP contribution in [0.2, 0.25) is 0 Å². The Bertz CT molecular complexity index is 1210. The van der Waals surface area contributed by atoms with E-state index < -0.39 is 0 Å². The number of nitrogens with zero attached hydrogens (tertiary/aromatic N) is 2. The highest BCUT2D eigenvalue weighted by molar-refractivity contribution is 7.12. The molecule has 31 heavy (non-hydrogen) atoms. The van der Waals surface area contributed by atoms with Crippen molar-refractivity contribution in [3.05, 3.63) is 87.7 Å². The molecule has 0 atom stereocenters. The highest BCUT2D eigenvalue weighted by Gasteiger charge is 2.24. The predicted octanol–water partition coefficient (Wildman–Crippen LogP) is 5.37. The molecule has 0 saturated heterocycles. The van der Waals surface area contributed by atoms with Crippen LogP contribution in [0, 0.1) is 5.82 Å². The third-order valence-electron chi connectivity index (χ3n) is 5.82. The maximum absolute atomic E-state index is 14.2. The van der Waals surface area contributed by atoms with Crippen molar-refractivity contribution in [2.24, 2.45) is 0 Å². The van der Waals surface area contributed by atoms with Gasteiger partial charge in [0.1, 0.15) is 0 Å². The molecule has 156 valence electrons. The summed E-state index contributed by atoms with van der Waals surface area (Å²) in [6, 6.07) is 10.8. The lowest BCUT2D eigenvalue weighted by atomic mass is 9.94.